The summed E-state index contributed by atoms with van der Waals surface area (Å²) < 4.78 is 72.5. The van der Waals surface area contributed by atoms with Gasteiger partial charge in [-0.25, -0.2) is 41.2 Å². The van der Waals surface area contributed by atoms with Crippen molar-refractivity contribution in [1.82, 2.24) is 19.6 Å². The van der Waals surface area contributed by atoms with E-state index >= 15 is 0 Å². The number of alkyl halides is 2. The Morgan fingerprint density at radius 1 is 1.07 bits per heavy atom. The summed E-state index contributed by atoms with van der Waals surface area (Å²) in [6, 6.07) is 5.84. The van der Waals surface area contributed by atoms with Crippen molar-refractivity contribution >= 4 is 26.6 Å². The zero-order chi connectivity index (χ0) is 29.5. The number of sulfone groups is 1. The average molecular weight is 589 g/mol. The minimum absolute atomic E-state index is 0.0227. The number of anilines is 1. The number of pyridine rings is 2. The highest BCUT2D eigenvalue weighted by atomic mass is 32.2. The largest absolute Gasteiger partial charge is 0.378 e. The third-order valence-electron chi connectivity index (χ3n) is 6.78. The lowest BCUT2D eigenvalue weighted by atomic mass is 10.0. The summed E-state index contributed by atoms with van der Waals surface area (Å²) in [6.45, 7) is 4.88. The van der Waals surface area contributed by atoms with Gasteiger partial charge < -0.3 is 15.1 Å². The van der Waals surface area contributed by atoms with Crippen LogP contribution in [0.1, 0.15) is 36.3 Å². The lowest BCUT2D eigenvalue weighted by Gasteiger charge is -2.31. The van der Waals surface area contributed by atoms with Crippen LogP contribution >= 0.6 is 0 Å². The summed E-state index contributed by atoms with van der Waals surface area (Å²) in [5.74, 6) is -0.467. The molecule has 4 aromatic rings. The van der Waals surface area contributed by atoms with Gasteiger partial charge in [-0.1, -0.05) is 18.2 Å². The van der Waals surface area contributed by atoms with Crippen molar-refractivity contribution in [1.29, 1.82) is 0 Å². The van der Waals surface area contributed by atoms with E-state index in [1.807, 2.05) is 0 Å². The molecule has 216 valence electrons. The molecule has 0 unspecified atom stereocenters. The van der Waals surface area contributed by atoms with Crippen molar-refractivity contribution in [2.75, 3.05) is 42.9 Å². The Morgan fingerprint density at radius 2 is 1.78 bits per heavy atom. The van der Waals surface area contributed by atoms with Gasteiger partial charge in [0.1, 0.15) is 17.5 Å². The van der Waals surface area contributed by atoms with Crippen LogP contribution in [0.4, 0.5) is 19.0 Å². The Bertz CT molecular complexity index is 1780. The Morgan fingerprint density at radius 3 is 2.41 bits per heavy atom. The lowest BCUT2D eigenvalue weighted by molar-refractivity contribution is 0.111. The van der Waals surface area contributed by atoms with E-state index in [9.17, 15) is 26.4 Å². The molecule has 0 radical (unpaired) electrons. The molecular weight excluding hydrogens is 561 g/mol. The van der Waals surface area contributed by atoms with Crippen molar-refractivity contribution < 1.29 is 26.3 Å². The number of aryl methyl sites for hydroxylation is 1. The monoisotopic (exact) mass is 588 g/mol. The van der Waals surface area contributed by atoms with Gasteiger partial charge >= 0.3 is 0 Å². The van der Waals surface area contributed by atoms with Crippen LogP contribution in [0.5, 0.6) is 0 Å². The van der Waals surface area contributed by atoms with E-state index < -0.39 is 39.2 Å². The van der Waals surface area contributed by atoms with Gasteiger partial charge in [-0.3, -0.25) is 4.79 Å². The number of nitrogens with one attached hydrogen (secondary N) is 1. The SMILES string of the molecule is Cc1nc(N[C@H](C)c2cccc(C(F)F)c2F)c2cn(N3CCOCC3)c(=O)c(-c3ccc(S(C)(=O)=O)nc3)c2n1. The number of ether oxygens (including phenoxy) is 1. The first-order valence-corrected chi connectivity index (χ1v) is 14.6. The van der Waals surface area contributed by atoms with Crippen LogP contribution in [0.25, 0.3) is 22.0 Å². The van der Waals surface area contributed by atoms with Crippen molar-refractivity contribution in [3.63, 3.8) is 0 Å². The molecule has 1 atom stereocenters. The number of rotatable bonds is 7. The molecule has 10 nitrogen and oxygen atoms in total. The molecule has 3 aromatic heterocycles. The summed E-state index contributed by atoms with van der Waals surface area (Å²) >= 11 is 0. The zero-order valence-electron chi connectivity index (χ0n) is 22.4. The molecule has 1 aliphatic heterocycles. The number of hydrogen-bond donors (Lipinski definition) is 1. The fourth-order valence-electron chi connectivity index (χ4n) is 4.74. The summed E-state index contributed by atoms with van der Waals surface area (Å²) in [5, 5.41) is 5.17. The summed E-state index contributed by atoms with van der Waals surface area (Å²) in [6.07, 6.45) is 0.936. The Labute approximate surface area is 233 Å². The number of halogens is 3. The van der Waals surface area contributed by atoms with E-state index in [0.29, 0.717) is 43.1 Å². The van der Waals surface area contributed by atoms with Crippen LogP contribution in [0.15, 0.2) is 52.5 Å². The molecule has 4 heterocycles. The number of benzene rings is 1. The van der Waals surface area contributed by atoms with Crippen molar-refractivity contribution in [3.8, 4) is 11.1 Å². The highest BCUT2D eigenvalue weighted by Gasteiger charge is 2.24. The molecule has 0 saturated carbocycles. The molecule has 41 heavy (non-hydrogen) atoms. The van der Waals surface area contributed by atoms with Crippen LogP contribution < -0.4 is 15.9 Å². The zero-order valence-corrected chi connectivity index (χ0v) is 23.3. The normalized spacial score (nSPS) is 15.0. The van der Waals surface area contributed by atoms with E-state index in [0.717, 1.165) is 12.3 Å². The van der Waals surface area contributed by atoms with Gasteiger partial charge in [-0.15, -0.1) is 0 Å². The average Bonchev–Trinajstić information content (AvgIpc) is 2.92. The quantitative estimate of drug-likeness (QED) is 0.344. The Balaban J connectivity index is 1.70. The maximum atomic E-state index is 15.0. The fraction of sp³-hybridized carbons (Fsp3) is 0.333. The minimum atomic E-state index is -3.57. The number of fused-ring (bicyclic) bond motifs is 1. The van der Waals surface area contributed by atoms with Gasteiger partial charge in [0.15, 0.2) is 14.9 Å². The van der Waals surface area contributed by atoms with Gasteiger partial charge in [-0.2, -0.15) is 0 Å². The molecule has 0 aliphatic carbocycles. The van der Waals surface area contributed by atoms with E-state index in [1.165, 1.54) is 35.1 Å². The summed E-state index contributed by atoms with van der Waals surface area (Å²) in [7, 11) is -3.57. The van der Waals surface area contributed by atoms with Gasteiger partial charge in [0.2, 0.25) is 0 Å². The summed E-state index contributed by atoms with van der Waals surface area (Å²) in [5.41, 5.74) is -0.335. The maximum absolute atomic E-state index is 15.0. The van der Waals surface area contributed by atoms with Crippen LogP contribution in [0, 0.1) is 12.7 Å². The Kier molecular flexibility index (Phi) is 7.70. The number of aromatic nitrogens is 4. The van der Waals surface area contributed by atoms with Gasteiger partial charge in [-0.05, 0) is 26.0 Å². The molecule has 0 amide bonds. The van der Waals surface area contributed by atoms with Gasteiger partial charge in [0.05, 0.1) is 54.4 Å². The number of nitrogens with zero attached hydrogens (tertiary/aromatic N) is 5. The minimum Gasteiger partial charge on any atom is -0.378 e. The molecule has 0 spiro atoms. The molecule has 1 saturated heterocycles. The smallest absolute Gasteiger partial charge is 0.279 e. The third kappa shape index (κ3) is 5.61. The molecule has 1 fully saturated rings. The second-order valence-corrected chi connectivity index (χ2v) is 11.6. The third-order valence-corrected chi connectivity index (χ3v) is 7.78. The lowest BCUT2D eigenvalue weighted by Crippen LogP contribution is -2.49. The predicted octanol–water partition coefficient (Wildman–Crippen LogP) is 3.78. The van der Waals surface area contributed by atoms with Gasteiger partial charge in [0.25, 0.3) is 12.0 Å². The van der Waals surface area contributed by atoms with Crippen LogP contribution in [0.2, 0.25) is 0 Å². The topological polar surface area (TPSA) is 119 Å². The Hall–Kier alpha value is -4.04. The molecule has 1 aromatic carbocycles. The van der Waals surface area contributed by atoms with Gasteiger partial charge in [0, 0.05) is 29.8 Å². The highest BCUT2D eigenvalue weighted by Crippen LogP contribution is 2.32. The predicted molar refractivity (Wildman–Crippen MR) is 147 cm³/mol. The molecule has 5 rings (SSSR count). The maximum Gasteiger partial charge on any atom is 0.279 e. The van der Waals surface area contributed by atoms with E-state index in [1.54, 1.807) is 25.1 Å². The first-order chi connectivity index (χ1) is 19.5. The van der Waals surface area contributed by atoms with E-state index in [-0.39, 0.29) is 27.5 Å². The summed E-state index contributed by atoms with van der Waals surface area (Å²) in [4.78, 5) is 27.0. The highest BCUT2D eigenvalue weighted by molar-refractivity contribution is 7.90. The molecule has 1 N–H and O–H groups in total. The van der Waals surface area contributed by atoms with Crippen molar-refractivity contribution in [2.24, 2.45) is 0 Å². The molecule has 14 heteroatoms. The number of morpholine rings is 1. The molecular formula is C27H27F3N6O4S. The van der Waals surface area contributed by atoms with Crippen molar-refractivity contribution in [3.05, 3.63) is 75.8 Å². The van der Waals surface area contributed by atoms with Crippen LogP contribution in [-0.2, 0) is 14.6 Å². The van der Waals surface area contributed by atoms with E-state index in [4.69, 9.17) is 4.74 Å². The molecule has 1 aliphatic rings. The fourth-order valence-corrected chi connectivity index (χ4v) is 5.30. The second kappa shape index (κ2) is 11.1. The van der Waals surface area contributed by atoms with Crippen molar-refractivity contribution in [2.45, 2.75) is 31.3 Å². The standard InChI is InChI=1S/C27H27F3N6O4S/c1-15(18-5-4-6-19(23(18)28)25(29)30)32-26-20-14-36(35-9-11-40-12-10-35)27(37)22(24(20)33-16(2)34-26)17-7-8-21(31-13-17)41(3,38)39/h4-8,13-15,25H,9-12H2,1-3H3,(H,32,33,34)/t15-/m1/s1. The first kappa shape index (κ1) is 28.5. The van der Waals surface area contributed by atoms with E-state index in [2.05, 4.69) is 20.3 Å². The number of hydrogen-bond acceptors (Lipinski definition) is 9. The van der Waals surface area contributed by atoms with Crippen LogP contribution in [0.3, 0.4) is 0 Å². The van der Waals surface area contributed by atoms with Crippen LogP contribution in [-0.4, -0.2) is 60.6 Å². The first-order valence-electron chi connectivity index (χ1n) is 12.7. The molecule has 0 bridgehead atoms. The second-order valence-electron chi connectivity index (χ2n) is 9.68.